The van der Waals surface area contributed by atoms with Gasteiger partial charge in [0.25, 0.3) is 0 Å². The second-order valence-corrected chi connectivity index (χ2v) is 5.33. The minimum absolute atomic E-state index is 0.381. The molecule has 0 amide bonds. The highest BCUT2D eigenvalue weighted by Gasteiger charge is 2.29. The van der Waals surface area contributed by atoms with Gasteiger partial charge in [0.15, 0.2) is 0 Å². The van der Waals surface area contributed by atoms with Gasteiger partial charge in [0.2, 0.25) is 0 Å². The highest BCUT2D eigenvalue weighted by Crippen LogP contribution is 2.38. The number of thiophene rings is 1. The Morgan fingerprint density at radius 2 is 2.33 bits per heavy atom. The minimum Gasteiger partial charge on any atom is -0.348 e. The van der Waals surface area contributed by atoms with Gasteiger partial charge in [-0.3, -0.25) is 0 Å². The lowest BCUT2D eigenvalue weighted by molar-refractivity contribution is 0.724. The van der Waals surface area contributed by atoms with Crippen molar-refractivity contribution in [1.29, 1.82) is 5.26 Å². The molecule has 0 spiro atoms. The summed E-state index contributed by atoms with van der Waals surface area (Å²) in [6.07, 6.45) is 4.06. The minimum atomic E-state index is 0.381. The van der Waals surface area contributed by atoms with Crippen LogP contribution in [-0.2, 0) is 0 Å². The smallest absolute Gasteiger partial charge is 0.147 e. The van der Waals surface area contributed by atoms with Gasteiger partial charge in [-0.2, -0.15) is 5.26 Å². The number of hydrogen-bond acceptors (Lipinski definition) is 4. The topological polar surface area (TPSA) is 39.9 Å². The molecule has 3 rings (SSSR count). The SMILES string of the molecule is N#Cc1cccnc1N1CCC[C@H]1c1cccs1. The second-order valence-electron chi connectivity index (χ2n) is 4.35. The van der Waals surface area contributed by atoms with E-state index in [9.17, 15) is 5.26 Å². The molecule has 3 heterocycles. The largest absolute Gasteiger partial charge is 0.348 e. The molecular formula is C14H13N3S. The van der Waals surface area contributed by atoms with Gasteiger partial charge in [0.1, 0.15) is 11.9 Å². The molecular weight excluding hydrogens is 242 g/mol. The van der Waals surface area contributed by atoms with Crippen molar-refractivity contribution in [1.82, 2.24) is 4.98 Å². The summed E-state index contributed by atoms with van der Waals surface area (Å²) < 4.78 is 0. The number of pyridine rings is 1. The molecule has 0 radical (unpaired) electrons. The van der Waals surface area contributed by atoms with Crippen molar-refractivity contribution >= 4 is 17.2 Å². The van der Waals surface area contributed by atoms with Crippen LogP contribution in [0.1, 0.15) is 29.3 Å². The summed E-state index contributed by atoms with van der Waals surface area (Å²) in [7, 11) is 0. The van der Waals surface area contributed by atoms with E-state index in [1.54, 1.807) is 17.5 Å². The summed E-state index contributed by atoms with van der Waals surface area (Å²) in [6.45, 7) is 0.980. The Labute approximate surface area is 110 Å². The summed E-state index contributed by atoms with van der Waals surface area (Å²) in [4.78, 5) is 8.03. The number of anilines is 1. The molecule has 0 aliphatic carbocycles. The predicted molar refractivity (Wildman–Crippen MR) is 72.6 cm³/mol. The monoisotopic (exact) mass is 255 g/mol. The van der Waals surface area contributed by atoms with Crippen molar-refractivity contribution in [3.8, 4) is 6.07 Å². The first-order chi connectivity index (χ1) is 8.90. The van der Waals surface area contributed by atoms with Crippen molar-refractivity contribution < 1.29 is 0 Å². The second kappa shape index (κ2) is 4.79. The van der Waals surface area contributed by atoms with Gasteiger partial charge in [-0.15, -0.1) is 11.3 Å². The highest BCUT2D eigenvalue weighted by molar-refractivity contribution is 7.10. The van der Waals surface area contributed by atoms with Crippen LogP contribution in [0.4, 0.5) is 5.82 Å². The highest BCUT2D eigenvalue weighted by atomic mass is 32.1. The molecule has 0 saturated carbocycles. The van der Waals surface area contributed by atoms with E-state index in [0.717, 1.165) is 25.2 Å². The summed E-state index contributed by atoms with van der Waals surface area (Å²) in [5.74, 6) is 0.830. The molecule has 1 atom stereocenters. The number of hydrogen-bond donors (Lipinski definition) is 0. The summed E-state index contributed by atoms with van der Waals surface area (Å²) in [5.41, 5.74) is 0.668. The standard InChI is InChI=1S/C14H13N3S/c15-10-11-4-1-7-16-14(11)17-8-2-5-12(17)13-6-3-9-18-13/h1,3-4,6-7,9,12H,2,5,8H2/t12-/m0/s1. The Balaban J connectivity index is 1.98. The van der Waals surface area contributed by atoms with Crippen LogP contribution in [0.3, 0.4) is 0 Å². The van der Waals surface area contributed by atoms with Crippen LogP contribution >= 0.6 is 11.3 Å². The zero-order chi connectivity index (χ0) is 12.4. The molecule has 4 heteroatoms. The van der Waals surface area contributed by atoms with Crippen LogP contribution in [-0.4, -0.2) is 11.5 Å². The first-order valence-electron chi connectivity index (χ1n) is 6.05. The lowest BCUT2D eigenvalue weighted by atomic mass is 10.1. The quantitative estimate of drug-likeness (QED) is 0.826. The molecule has 18 heavy (non-hydrogen) atoms. The predicted octanol–water partition coefficient (Wildman–Crippen LogP) is 3.36. The zero-order valence-electron chi connectivity index (χ0n) is 9.91. The van der Waals surface area contributed by atoms with Gasteiger partial charge in [0, 0.05) is 17.6 Å². The first kappa shape index (κ1) is 11.2. The molecule has 0 aromatic carbocycles. The maximum atomic E-state index is 9.18. The molecule has 2 aromatic rings. The average molecular weight is 255 g/mol. The Bertz CT molecular complexity index is 571. The van der Waals surface area contributed by atoms with Gasteiger partial charge in [-0.1, -0.05) is 6.07 Å². The van der Waals surface area contributed by atoms with Gasteiger partial charge in [-0.25, -0.2) is 4.98 Å². The Morgan fingerprint density at radius 1 is 1.39 bits per heavy atom. The van der Waals surface area contributed by atoms with Crippen LogP contribution in [0.25, 0.3) is 0 Å². The Morgan fingerprint density at radius 3 is 3.11 bits per heavy atom. The number of aromatic nitrogens is 1. The first-order valence-corrected chi connectivity index (χ1v) is 6.93. The average Bonchev–Trinajstić information content (AvgIpc) is 3.09. The number of nitrogens with zero attached hydrogens (tertiary/aromatic N) is 3. The lowest BCUT2D eigenvalue weighted by Gasteiger charge is -2.25. The maximum absolute atomic E-state index is 9.18. The van der Waals surface area contributed by atoms with E-state index in [4.69, 9.17) is 0 Å². The molecule has 1 aliphatic rings. The van der Waals surface area contributed by atoms with E-state index in [2.05, 4.69) is 33.5 Å². The van der Waals surface area contributed by atoms with Crippen molar-refractivity contribution in [3.05, 3.63) is 46.3 Å². The molecule has 1 fully saturated rings. The fourth-order valence-electron chi connectivity index (χ4n) is 2.51. The van der Waals surface area contributed by atoms with Crippen LogP contribution in [0, 0.1) is 11.3 Å². The number of nitriles is 1. The molecule has 90 valence electrons. The Hall–Kier alpha value is -1.86. The molecule has 3 nitrogen and oxygen atoms in total. The molecule has 0 bridgehead atoms. The van der Waals surface area contributed by atoms with E-state index in [0.29, 0.717) is 11.6 Å². The number of rotatable bonds is 2. The summed E-state index contributed by atoms with van der Waals surface area (Å²) in [5, 5.41) is 11.3. The third-order valence-corrected chi connectivity index (χ3v) is 4.28. The van der Waals surface area contributed by atoms with Crippen LogP contribution in [0.15, 0.2) is 35.8 Å². The van der Waals surface area contributed by atoms with Crippen LogP contribution in [0.5, 0.6) is 0 Å². The third-order valence-electron chi connectivity index (χ3n) is 3.30. The maximum Gasteiger partial charge on any atom is 0.147 e. The van der Waals surface area contributed by atoms with Crippen molar-refractivity contribution in [2.24, 2.45) is 0 Å². The lowest BCUT2D eigenvalue weighted by Crippen LogP contribution is -2.23. The van der Waals surface area contributed by atoms with Crippen LogP contribution in [0.2, 0.25) is 0 Å². The van der Waals surface area contributed by atoms with Gasteiger partial charge >= 0.3 is 0 Å². The van der Waals surface area contributed by atoms with E-state index in [1.165, 1.54) is 4.88 Å². The molecule has 0 N–H and O–H groups in total. The van der Waals surface area contributed by atoms with Gasteiger partial charge < -0.3 is 4.90 Å². The Kier molecular flexibility index (Phi) is 2.99. The van der Waals surface area contributed by atoms with Crippen molar-refractivity contribution in [2.45, 2.75) is 18.9 Å². The summed E-state index contributed by atoms with van der Waals surface area (Å²) in [6, 6.07) is 10.5. The molecule has 2 aromatic heterocycles. The summed E-state index contributed by atoms with van der Waals surface area (Å²) >= 11 is 1.78. The fraction of sp³-hybridized carbons (Fsp3) is 0.286. The van der Waals surface area contributed by atoms with E-state index < -0.39 is 0 Å². The molecule has 1 aliphatic heterocycles. The normalized spacial score (nSPS) is 18.8. The molecule has 1 saturated heterocycles. The van der Waals surface area contributed by atoms with Gasteiger partial charge in [-0.05, 0) is 36.4 Å². The van der Waals surface area contributed by atoms with Crippen molar-refractivity contribution in [2.75, 3.05) is 11.4 Å². The third kappa shape index (κ3) is 1.87. The zero-order valence-corrected chi connectivity index (χ0v) is 10.7. The van der Waals surface area contributed by atoms with E-state index in [1.807, 2.05) is 12.1 Å². The molecule has 0 unspecified atom stereocenters. The fourth-order valence-corrected chi connectivity index (χ4v) is 3.38. The van der Waals surface area contributed by atoms with E-state index >= 15 is 0 Å². The van der Waals surface area contributed by atoms with Crippen molar-refractivity contribution in [3.63, 3.8) is 0 Å². The van der Waals surface area contributed by atoms with Crippen LogP contribution < -0.4 is 4.90 Å². The van der Waals surface area contributed by atoms with E-state index in [-0.39, 0.29) is 0 Å². The van der Waals surface area contributed by atoms with Gasteiger partial charge in [0.05, 0.1) is 11.6 Å².